The van der Waals surface area contributed by atoms with Crippen molar-refractivity contribution in [3.05, 3.63) is 0 Å². The molecule has 0 radical (unpaired) electrons. The second kappa shape index (κ2) is 38.6. The average Bonchev–Trinajstić information content (AvgIpc) is 3.00. The van der Waals surface area contributed by atoms with Crippen LogP contribution in [0.5, 0.6) is 0 Å². The lowest BCUT2D eigenvalue weighted by molar-refractivity contribution is -0.0278. The van der Waals surface area contributed by atoms with Crippen LogP contribution in [0, 0.1) is 5.92 Å². The quantitative estimate of drug-likeness (QED) is 0.0952. The van der Waals surface area contributed by atoms with Crippen molar-refractivity contribution >= 4 is 0 Å². The van der Waals surface area contributed by atoms with E-state index in [0.717, 1.165) is 26.1 Å². The lowest BCUT2D eigenvalue weighted by Gasteiger charge is -2.10. The van der Waals surface area contributed by atoms with E-state index < -0.39 is 0 Å². The number of ether oxygens (including phenoxy) is 11. The van der Waals surface area contributed by atoms with Crippen molar-refractivity contribution in [2.45, 2.75) is 52.9 Å². The zero-order valence-corrected chi connectivity index (χ0v) is 27.2. The van der Waals surface area contributed by atoms with Gasteiger partial charge in [0.1, 0.15) is 0 Å². The van der Waals surface area contributed by atoms with E-state index in [4.69, 9.17) is 52.1 Å². The second-order valence-corrected chi connectivity index (χ2v) is 9.77. The SMILES string of the molecule is CCCCCCOCCOCCOCCOCCOCCOCCOCCOCCOCCOCCOCC(C)CC. The van der Waals surface area contributed by atoms with Gasteiger partial charge in [0.25, 0.3) is 0 Å². The van der Waals surface area contributed by atoms with E-state index in [0.29, 0.717) is 138 Å². The molecule has 0 fully saturated rings. The standard InChI is InChI=1S/C31H64O11/c1-4-6-7-8-9-32-10-11-33-12-13-34-14-15-35-16-17-36-18-19-37-20-21-38-22-23-39-24-25-40-26-27-41-28-29-42-30-31(3)5-2/h31H,4-30H2,1-3H3. The minimum absolute atomic E-state index is 0.527. The lowest BCUT2D eigenvalue weighted by Crippen LogP contribution is -2.15. The summed E-state index contributed by atoms with van der Waals surface area (Å²) in [5, 5.41) is 0. The summed E-state index contributed by atoms with van der Waals surface area (Å²) >= 11 is 0. The zero-order valence-electron chi connectivity index (χ0n) is 27.2. The summed E-state index contributed by atoms with van der Waals surface area (Å²) in [5.41, 5.74) is 0. The van der Waals surface area contributed by atoms with Gasteiger partial charge in [-0.3, -0.25) is 0 Å². The molecule has 0 spiro atoms. The highest BCUT2D eigenvalue weighted by molar-refractivity contribution is 4.46. The summed E-state index contributed by atoms with van der Waals surface area (Å²) < 4.78 is 60.4. The van der Waals surface area contributed by atoms with Crippen molar-refractivity contribution in [3.63, 3.8) is 0 Å². The molecular formula is C31H64O11. The van der Waals surface area contributed by atoms with E-state index in [1.807, 2.05) is 0 Å². The van der Waals surface area contributed by atoms with Crippen LogP contribution in [0.4, 0.5) is 0 Å². The molecule has 11 heteroatoms. The van der Waals surface area contributed by atoms with Crippen molar-refractivity contribution in [1.29, 1.82) is 0 Å². The highest BCUT2D eigenvalue weighted by Crippen LogP contribution is 2.00. The first-order valence-electron chi connectivity index (χ1n) is 16.2. The van der Waals surface area contributed by atoms with E-state index in [1.165, 1.54) is 19.3 Å². The minimum atomic E-state index is 0.527. The van der Waals surface area contributed by atoms with E-state index in [9.17, 15) is 0 Å². The van der Waals surface area contributed by atoms with Crippen LogP contribution in [0.25, 0.3) is 0 Å². The molecule has 0 aliphatic rings. The van der Waals surface area contributed by atoms with Gasteiger partial charge < -0.3 is 52.1 Å². The molecular weight excluding hydrogens is 548 g/mol. The predicted molar refractivity (Wildman–Crippen MR) is 163 cm³/mol. The van der Waals surface area contributed by atoms with Crippen LogP contribution in [0.3, 0.4) is 0 Å². The fourth-order valence-corrected chi connectivity index (χ4v) is 3.23. The summed E-state index contributed by atoms with van der Waals surface area (Å²) in [7, 11) is 0. The van der Waals surface area contributed by atoms with Gasteiger partial charge in [0.2, 0.25) is 0 Å². The van der Waals surface area contributed by atoms with Crippen LogP contribution in [0.15, 0.2) is 0 Å². The zero-order chi connectivity index (χ0) is 30.4. The molecule has 0 amide bonds. The summed E-state index contributed by atoms with van der Waals surface area (Å²) in [6.45, 7) is 19.3. The summed E-state index contributed by atoms with van der Waals surface area (Å²) in [6.07, 6.45) is 6.04. The van der Waals surface area contributed by atoms with Crippen LogP contribution in [0.1, 0.15) is 52.9 Å². The van der Waals surface area contributed by atoms with Gasteiger partial charge in [0, 0.05) is 13.2 Å². The first kappa shape index (κ1) is 41.6. The summed E-state index contributed by atoms with van der Waals surface area (Å²) in [4.78, 5) is 0. The van der Waals surface area contributed by atoms with Gasteiger partial charge in [-0.15, -0.1) is 0 Å². The van der Waals surface area contributed by atoms with Crippen molar-refractivity contribution in [2.24, 2.45) is 5.92 Å². The summed E-state index contributed by atoms with van der Waals surface area (Å²) in [5.74, 6) is 0.601. The minimum Gasteiger partial charge on any atom is -0.379 e. The molecule has 1 atom stereocenters. The molecule has 0 aliphatic carbocycles. The lowest BCUT2D eigenvalue weighted by atomic mass is 10.1. The van der Waals surface area contributed by atoms with Gasteiger partial charge in [0.05, 0.1) is 132 Å². The van der Waals surface area contributed by atoms with Gasteiger partial charge in [-0.2, -0.15) is 0 Å². The van der Waals surface area contributed by atoms with E-state index in [1.54, 1.807) is 0 Å². The van der Waals surface area contributed by atoms with Crippen molar-refractivity contribution < 1.29 is 52.1 Å². The first-order valence-corrected chi connectivity index (χ1v) is 16.2. The van der Waals surface area contributed by atoms with Crippen molar-refractivity contribution in [3.8, 4) is 0 Å². The van der Waals surface area contributed by atoms with E-state index in [2.05, 4.69) is 20.8 Å². The molecule has 0 aromatic heterocycles. The number of hydrogen-bond acceptors (Lipinski definition) is 11. The number of rotatable bonds is 38. The highest BCUT2D eigenvalue weighted by atomic mass is 16.6. The Balaban J connectivity index is 3.04. The molecule has 1 unspecified atom stereocenters. The Hall–Kier alpha value is -0.440. The van der Waals surface area contributed by atoms with Crippen LogP contribution >= 0.6 is 0 Å². The average molecular weight is 613 g/mol. The molecule has 0 bridgehead atoms. The topological polar surface area (TPSA) is 102 Å². The Bertz CT molecular complexity index is 474. The Morgan fingerprint density at radius 2 is 0.571 bits per heavy atom. The first-order chi connectivity index (χ1) is 20.8. The van der Waals surface area contributed by atoms with Crippen LogP contribution in [-0.4, -0.2) is 145 Å². The van der Waals surface area contributed by atoms with Gasteiger partial charge >= 0.3 is 0 Å². The fraction of sp³-hybridized carbons (Fsp3) is 1.00. The maximum Gasteiger partial charge on any atom is 0.0701 e. The van der Waals surface area contributed by atoms with Gasteiger partial charge in [-0.05, 0) is 12.3 Å². The Kier molecular flexibility index (Phi) is 38.2. The van der Waals surface area contributed by atoms with Crippen LogP contribution < -0.4 is 0 Å². The Labute approximate surface area is 256 Å². The second-order valence-electron chi connectivity index (χ2n) is 9.77. The molecule has 0 heterocycles. The van der Waals surface area contributed by atoms with Gasteiger partial charge in [-0.1, -0.05) is 46.5 Å². The fourth-order valence-electron chi connectivity index (χ4n) is 3.23. The Morgan fingerprint density at radius 1 is 0.310 bits per heavy atom. The smallest absolute Gasteiger partial charge is 0.0701 e. The molecule has 0 aromatic carbocycles. The van der Waals surface area contributed by atoms with Gasteiger partial charge in [0.15, 0.2) is 0 Å². The summed E-state index contributed by atoms with van der Waals surface area (Å²) in [6, 6.07) is 0. The highest BCUT2D eigenvalue weighted by Gasteiger charge is 1.99. The maximum absolute atomic E-state index is 5.53. The third-order valence-corrected chi connectivity index (χ3v) is 5.96. The Morgan fingerprint density at radius 3 is 0.833 bits per heavy atom. The largest absolute Gasteiger partial charge is 0.379 e. The third kappa shape index (κ3) is 37.6. The molecule has 0 aliphatic heterocycles. The molecule has 254 valence electrons. The molecule has 0 N–H and O–H groups in total. The normalized spacial score (nSPS) is 12.4. The number of unbranched alkanes of at least 4 members (excludes halogenated alkanes) is 3. The predicted octanol–water partition coefficient (Wildman–Crippen LogP) is 3.80. The molecule has 11 nitrogen and oxygen atoms in total. The molecule has 0 aromatic rings. The maximum atomic E-state index is 5.53. The molecule has 0 saturated heterocycles. The van der Waals surface area contributed by atoms with Gasteiger partial charge in [-0.25, -0.2) is 0 Å². The molecule has 0 saturated carbocycles. The molecule has 0 rings (SSSR count). The number of hydrogen-bond donors (Lipinski definition) is 0. The van der Waals surface area contributed by atoms with Crippen molar-refractivity contribution in [1.82, 2.24) is 0 Å². The van der Waals surface area contributed by atoms with Crippen LogP contribution in [0.2, 0.25) is 0 Å². The van der Waals surface area contributed by atoms with Crippen molar-refractivity contribution in [2.75, 3.05) is 145 Å². The van der Waals surface area contributed by atoms with E-state index in [-0.39, 0.29) is 0 Å². The molecule has 42 heavy (non-hydrogen) atoms. The van der Waals surface area contributed by atoms with Crippen LogP contribution in [-0.2, 0) is 52.1 Å². The third-order valence-electron chi connectivity index (χ3n) is 5.96. The monoisotopic (exact) mass is 612 g/mol. The van der Waals surface area contributed by atoms with E-state index >= 15 is 0 Å².